The standard InChI is InChI=1S/C25H35N3O6S.ClH/c1-3-4-17-34-22-7-5-20(6-8-22)25(24(29)28-30,27-18-19-13-15-26-16-14-19)35(31,32)23-11-9-21(33-2)10-12-23;/h9-16,20,22,27,30H,3-8,17-18H2,1-2H3,(H,28,29);1H/t20?,22?,25-;/m1./s1. The minimum Gasteiger partial charge on any atom is -0.497 e. The summed E-state index contributed by atoms with van der Waals surface area (Å²) in [6, 6.07) is 9.40. The number of carbonyl (C=O) groups excluding carboxylic acids is 1. The van der Waals surface area contributed by atoms with E-state index in [0.29, 0.717) is 38.0 Å². The Morgan fingerprint density at radius 2 is 1.75 bits per heavy atom. The van der Waals surface area contributed by atoms with Gasteiger partial charge in [0.25, 0.3) is 5.91 Å². The summed E-state index contributed by atoms with van der Waals surface area (Å²) < 4.78 is 39.4. The Labute approximate surface area is 219 Å². The van der Waals surface area contributed by atoms with Crippen LogP contribution in [-0.2, 0) is 25.9 Å². The molecule has 0 radical (unpaired) electrons. The van der Waals surface area contributed by atoms with E-state index in [2.05, 4.69) is 17.2 Å². The van der Waals surface area contributed by atoms with Crippen LogP contribution in [-0.4, -0.2) is 49.2 Å². The van der Waals surface area contributed by atoms with Gasteiger partial charge in [-0.3, -0.25) is 20.3 Å². The predicted molar refractivity (Wildman–Crippen MR) is 138 cm³/mol. The third kappa shape index (κ3) is 6.54. The Hall–Kier alpha value is -2.24. The highest BCUT2D eigenvalue weighted by molar-refractivity contribution is 7.93. The molecular weight excluding hydrogens is 506 g/mol. The van der Waals surface area contributed by atoms with Crippen LogP contribution in [0.2, 0.25) is 0 Å². The molecule has 9 nitrogen and oxygen atoms in total. The van der Waals surface area contributed by atoms with E-state index in [1.807, 2.05) is 0 Å². The second-order valence-corrected chi connectivity index (χ2v) is 10.9. The number of hydrogen-bond donors (Lipinski definition) is 3. The van der Waals surface area contributed by atoms with Gasteiger partial charge in [0, 0.05) is 31.5 Å². The molecule has 0 bridgehead atoms. The van der Waals surface area contributed by atoms with E-state index in [9.17, 15) is 18.4 Å². The number of nitrogens with one attached hydrogen (secondary N) is 2. The van der Waals surface area contributed by atoms with Gasteiger partial charge in [-0.25, -0.2) is 13.9 Å². The summed E-state index contributed by atoms with van der Waals surface area (Å²) in [5.41, 5.74) is 2.40. The number of carbonyl (C=O) groups is 1. The first-order chi connectivity index (χ1) is 16.9. The lowest BCUT2D eigenvalue weighted by Gasteiger charge is -2.42. The van der Waals surface area contributed by atoms with E-state index in [4.69, 9.17) is 9.47 Å². The average molecular weight is 542 g/mol. The fourth-order valence-corrected chi connectivity index (χ4v) is 6.73. The molecule has 3 N–H and O–H groups in total. The number of halogens is 1. The van der Waals surface area contributed by atoms with Crippen LogP contribution in [0, 0.1) is 5.92 Å². The number of hydroxylamine groups is 1. The number of methoxy groups -OCH3 is 1. The van der Waals surface area contributed by atoms with Gasteiger partial charge in [-0.15, -0.1) is 12.4 Å². The maximum absolute atomic E-state index is 14.1. The van der Waals surface area contributed by atoms with Gasteiger partial charge in [0.2, 0.25) is 14.7 Å². The maximum Gasteiger partial charge on any atom is 0.280 e. The molecule has 0 unspecified atom stereocenters. The van der Waals surface area contributed by atoms with Crippen molar-refractivity contribution in [3.8, 4) is 5.75 Å². The Morgan fingerprint density at radius 1 is 1.11 bits per heavy atom. The summed E-state index contributed by atoms with van der Waals surface area (Å²) in [6.45, 7) is 2.86. The Morgan fingerprint density at radius 3 is 2.31 bits per heavy atom. The SMILES string of the molecule is CCCCOC1CCC([C@](NCc2ccncc2)(C(=O)NO)S(=O)(=O)c2ccc(OC)cc2)CC1.Cl. The summed E-state index contributed by atoms with van der Waals surface area (Å²) in [6.07, 6.45) is 7.38. The van der Waals surface area contributed by atoms with Crippen LogP contribution < -0.4 is 15.5 Å². The molecular formula is C25H36ClN3O6S. The quantitative estimate of drug-likeness (QED) is 0.211. The number of amides is 1. The van der Waals surface area contributed by atoms with Crippen molar-refractivity contribution in [1.82, 2.24) is 15.8 Å². The molecule has 1 heterocycles. The number of rotatable bonds is 12. The highest BCUT2D eigenvalue weighted by Gasteiger charge is 2.57. The number of benzene rings is 1. The molecule has 1 aliphatic carbocycles. The lowest BCUT2D eigenvalue weighted by Crippen LogP contribution is -2.66. The van der Waals surface area contributed by atoms with E-state index in [-0.39, 0.29) is 30.0 Å². The van der Waals surface area contributed by atoms with Gasteiger partial charge in [-0.05, 0) is 74.1 Å². The minimum absolute atomic E-state index is 0. The number of aromatic nitrogens is 1. The molecule has 1 aliphatic rings. The molecule has 1 aromatic carbocycles. The first-order valence-corrected chi connectivity index (χ1v) is 13.5. The van der Waals surface area contributed by atoms with Crippen molar-refractivity contribution < 1.29 is 27.9 Å². The van der Waals surface area contributed by atoms with Gasteiger partial charge >= 0.3 is 0 Å². The molecule has 0 saturated heterocycles. The molecule has 1 fully saturated rings. The lowest BCUT2D eigenvalue weighted by atomic mass is 9.81. The van der Waals surface area contributed by atoms with Crippen LogP contribution in [0.5, 0.6) is 5.75 Å². The van der Waals surface area contributed by atoms with Crippen molar-refractivity contribution in [2.75, 3.05) is 13.7 Å². The zero-order valence-corrected chi connectivity index (χ0v) is 22.3. The van der Waals surface area contributed by atoms with Crippen LogP contribution in [0.1, 0.15) is 51.0 Å². The van der Waals surface area contributed by atoms with E-state index in [1.165, 1.54) is 31.4 Å². The van der Waals surface area contributed by atoms with Crippen molar-refractivity contribution >= 4 is 28.2 Å². The zero-order chi connectivity index (χ0) is 25.3. The molecule has 1 amide bonds. The van der Waals surface area contributed by atoms with Crippen molar-refractivity contribution in [3.63, 3.8) is 0 Å². The topological polar surface area (TPSA) is 127 Å². The summed E-state index contributed by atoms with van der Waals surface area (Å²) in [4.78, 5) is 15.2. The summed E-state index contributed by atoms with van der Waals surface area (Å²) in [5.74, 6) is -1.09. The number of ether oxygens (including phenoxy) is 2. The predicted octanol–water partition coefficient (Wildman–Crippen LogP) is 3.65. The van der Waals surface area contributed by atoms with Crippen LogP contribution in [0.4, 0.5) is 0 Å². The fourth-order valence-electron chi connectivity index (χ4n) is 4.63. The zero-order valence-electron chi connectivity index (χ0n) is 20.7. The van der Waals surface area contributed by atoms with Crippen LogP contribution in [0.3, 0.4) is 0 Å². The molecule has 0 aliphatic heterocycles. The molecule has 3 rings (SSSR count). The van der Waals surface area contributed by atoms with E-state index in [0.717, 1.165) is 18.4 Å². The summed E-state index contributed by atoms with van der Waals surface area (Å²) >= 11 is 0. The molecule has 1 atom stereocenters. The second kappa shape index (κ2) is 13.9. The molecule has 2 aromatic rings. The number of unbranched alkanes of at least 4 members (excludes halogenated alkanes) is 1. The largest absolute Gasteiger partial charge is 0.497 e. The number of pyridine rings is 1. The van der Waals surface area contributed by atoms with Crippen LogP contribution in [0.15, 0.2) is 53.7 Å². The monoisotopic (exact) mass is 541 g/mol. The molecule has 11 heteroatoms. The third-order valence-electron chi connectivity index (χ3n) is 6.64. The van der Waals surface area contributed by atoms with Gasteiger partial charge in [0.1, 0.15) is 5.75 Å². The minimum atomic E-state index is -4.30. The smallest absolute Gasteiger partial charge is 0.280 e. The summed E-state index contributed by atoms with van der Waals surface area (Å²) in [5, 5.41) is 12.8. The number of sulfone groups is 1. The lowest BCUT2D eigenvalue weighted by molar-refractivity contribution is -0.135. The number of nitrogens with zero attached hydrogens (tertiary/aromatic N) is 1. The third-order valence-corrected chi connectivity index (χ3v) is 9.04. The molecule has 36 heavy (non-hydrogen) atoms. The average Bonchev–Trinajstić information content (AvgIpc) is 2.90. The van der Waals surface area contributed by atoms with Gasteiger partial charge < -0.3 is 9.47 Å². The second-order valence-electron chi connectivity index (χ2n) is 8.76. The van der Waals surface area contributed by atoms with Crippen LogP contribution in [0.25, 0.3) is 0 Å². The van der Waals surface area contributed by atoms with Gasteiger partial charge in [-0.1, -0.05) is 13.3 Å². The fraction of sp³-hybridized carbons (Fsp3) is 0.520. The maximum atomic E-state index is 14.1. The Balaban J connectivity index is 0.00000456. The normalized spacial score (nSPS) is 19.5. The van der Waals surface area contributed by atoms with Crippen LogP contribution >= 0.6 is 12.4 Å². The molecule has 200 valence electrons. The van der Waals surface area contributed by atoms with E-state index in [1.54, 1.807) is 30.0 Å². The van der Waals surface area contributed by atoms with Gasteiger partial charge in [0.15, 0.2) is 0 Å². The number of hydrogen-bond acceptors (Lipinski definition) is 8. The van der Waals surface area contributed by atoms with Crippen molar-refractivity contribution in [2.24, 2.45) is 5.92 Å². The Kier molecular flexibility index (Phi) is 11.6. The highest BCUT2D eigenvalue weighted by atomic mass is 35.5. The highest BCUT2D eigenvalue weighted by Crippen LogP contribution is 2.41. The Bertz CT molecular complexity index is 1050. The van der Waals surface area contributed by atoms with Gasteiger partial charge in [0.05, 0.1) is 18.1 Å². The van der Waals surface area contributed by atoms with Crippen molar-refractivity contribution in [2.45, 2.75) is 67.9 Å². The van der Waals surface area contributed by atoms with Gasteiger partial charge in [-0.2, -0.15) is 0 Å². The van der Waals surface area contributed by atoms with E-state index >= 15 is 0 Å². The first kappa shape index (κ1) is 30.0. The first-order valence-electron chi connectivity index (χ1n) is 12.0. The summed E-state index contributed by atoms with van der Waals surface area (Å²) in [7, 11) is -2.81. The molecule has 1 aromatic heterocycles. The van der Waals surface area contributed by atoms with E-state index < -0.39 is 26.5 Å². The molecule has 0 spiro atoms. The molecule has 1 saturated carbocycles. The van der Waals surface area contributed by atoms with Crippen molar-refractivity contribution in [1.29, 1.82) is 0 Å². The van der Waals surface area contributed by atoms with Crippen molar-refractivity contribution in [3.05, 3.63) is 54.4 Å².